The van der Waals surface area contributed by atoms with Crippen molar-refractivity contribution in [2.75, 3.05) is 6.61 Å². The molecule has 30 heavy (non-hydrogen) atoms. The molecule has 0 saturated carbocycles. The minimum atomic E-state index is -0.734. The number of benzene rings is 1. The molecular weight excluding hydrogens is 380 g/mol. The molecule has 0 spiro atoms. The highest BCUT2D eigenvalue weighted by atomic mass is 16.5. The molecule has 0 saturated heterocycles. The van der Waals surface area contributed by atoms with E-state index in [1.807, 2.05) is 47.3 Å². The van der Waals surface area contributed by atoms with E-state index in [0.29, 0.717) is 6.61 Å². The molecule has 7 heteroatoms. The molecule has 0 unspecified atom stereocenters. The highest BCUT2D eigenvalue weighted by Crippen LogP contribution is 2.25. The van der Waals surface area contributed by atoms with Crippen molar-refractivity contribution in [3.8, 4) is 0 Å². The van der Waals surface area contributed by atoms with E-state index < -0.39 is 18.2 Å². The first kappa shape index (κ1) is 20.5. The second kappa shape index (κ2) is 8.93. The Hall–Kier alpha value is -2.77. The van der Waals surface area contributed by atoms with E-state index in [-0.39, 0.29) is 12.3 Å². The average Bonchev–Trinajstić information content (AvgIpc) is 3.15. The average molecular weight is 409 g/mol. The van der Waals surface area contributed by atoms with Gasteiger partial charge < -0.3 is 15.2 Å². The number of carbonyl (C=O) groups excluding carboxylic acids is 1. The molecule has 0 radical (unpaired) electrons. The number of carbonyl (C=O) groups is 1. The van der Waals surface area contributed by atoms with Crippen molar-refractivity contribution in [3.05, 3.63) is 59.5 Å². The second-order valence-corrected chi connectivity index (χ2v) is 7.77. The Morgan fingerprint density at radius 2 is 2.13 bits per heavy atom. The van der Waals surface area contributed by atoms with Crippen molar-refractivity contribution >= 4 is 16.8 Å². The van der Waals surface area contributed by atoms with Gasteiger partial charge in [-0.2, -0.15) is 5.10 Å². The fourth-order valence-corrected chi connectivity index (χ4v) is 4.14. The van der Waals surface area contributed by atoms with E-state index >= 15 is 0 Å². The maximum atomic E-state index is 12.9. The zero-order chi connectivity index (χ0) is 21.1. The molecule has 7 nitrogen and oxygen atoms in total. The quantitative estimate of drug-likeness (QED) is 0.695. The van der Waals surface area contributed by atoms with Crippen molar-refractivity contribution in [2.45, 2.75) is 57.9 Å². The summed E-state index contributed by atoms with van der Waals surface area (Å²) in [6.07, 6.45) is 2.21. The number of aromatic nitrogens is 3. The van der Waals surface area contributed by atoms with Crippen molar-refractivity contribution in [1.82, 2.24) is 20.1 Å². The number of nitrogens with one attached hydrogen (secondary N) is 1. The highest BCUT2D eigenvalue weighted by Gasteiger charge is 2.30. The lowest BCUT2D eigenvalue weighted by molar-refractivity contribution is -0.124. The van der Waals surface area contributed by atoms with Crippen LogP contribution in [-0.4, -0.2) is 44.6 Å². The third-order valence-corrected chi connectivity index (χ3v) is 5.53. The van der Waals surface area contributed by atoms with E-state index in [2.05, 4.69) is 17.3 Å². The fraction of sp³-hybridized carbons (Fsp3) is 0.435. The first-order chi connectivity index (χ1) is 14.6. The Morgan fingerprint density at radius 1 is 1.33 bits per heavy atom. The van der Waals surface area contributed by atoms with Crippen LogP contribution in [0.4, 0.5) is 0 Å². The number of aryl methyl sites for hydroxylation is 2. The summed E-state index contributed by atoms with van der Waals surface area (Å²) in [4.78, 5) is 17.7. The zero-order valence-corrected chi connectivity index (χ0v) is 17.4. The van der Waals surface area contributed by atoms with Gasteiger partial charge in [0.1, 0.15) is 6.10 Å². The van der Waals surface area contributed by atoms with E-state index in [9.17, 15) is 9.90 Å². The molecule has 3 heterocycles. The van der Waals surface area contributed by atoms with Gasteiger partial charge in [-0.05, 0) is 38.3 Å². The van der Waals surface area contributed by atoms with Crippen LogP contribution in [0, 0.1) is 0 Å². The summed E-state index contributed by atoms with van der Waals surface area (Å²) in [5.41, 5.74) is 3.59. The molecule has 2 aromatic heterocycles. The Kier molecular flexibility index (Phi) is 6.11. The Morgan fingerprint density at radius 3 is 2.87 bits per heavy atom. The molecule has 0 fully saturated rings. The summed E-state index contributed by atoms with van der Waals surface area (Å²) in [6.45, 7) is 4.97. The molecule has 3 aromatic rings. The summed E-state index contributed by atoms with van der Waals surface area (Å²) < 4.78 is 8.04. The van der Waals surface area contributed by atoms with Gasteiger partial charge in [-0.1, -0.05) is 30.3 Å². The number of aliphatic hydroxyl groups is 1. The summed E-state index contributed by atoms with van der Waals surface area (Å²) in [5, 5.41) is 18.9. The highest BCUT2D eigenvalue weighted by molar-refractivity contribution is 5.84. The normalized spacial score (nSPS) is 21.5. The molecule has 0 aliphatic carbocycles. The Bertz CT molecular complexity index is 1020. The lowest BCUT2D eigenvalue weighted by atomic mass is 9.97. The van der Waals surface area contributed by atoms with Crippen molar-refractivity contribution < 1.29 is 14.6 Å². The molecule has 3 atom stereocenters. The third-order valence-electron chi connectivity index (χ3n) is 5.53. The SMILES string of the molecule is CCn1ncc2cc3nc(c21)CCCO[C@H]([C@@H](C)O)[C@H](c1ccccc1)NC(=O)C3. The zero-order valence-electron chi connectivity index (χ0n) is 17.4. The van der Waals surface area contributed by atoms with Crippen LogP contribution in [0.1, 0.15) is 43.3 Å². The molecule has 2 bridgehead atoms. The number of nitrogens with zero attached hydrogens (tertiary/aromatic N) is 3. The van der Waals surface area contributed by atoms with Crippen LogP contribution in [0.2, 0.25) is 0 Å². The van der Waals surface area contributed by atoms with Gasteiger partial charge in [0, 0.05) is 18.5 Å². The summed E-state index contributed by atoms with van der Waals surface area (Å²) in [6, 6.07) is 11.2. The van der Waals surface area contributed by atoms with Crippen LogP contribution in [0.5, 0.6) is 0 Å². The number of hydrogen-bond donors (Lipinski definition) is 2. The van der Waals surface area contributed by atoms with Crippen LogP contribution < -0.4 is 5.32 Å². The molecule has 1 aliphatic rings. The topological polar surface area (TPSA) is 89.3 Å². The molecule has 158 valence electrons. The van der Waals surface area contributed by atoms with Gasteiger partial charge in [0.15, 0.2) is 0 Å². The summed E-state index contributed by atoms with van der Waals surface area (Å²) in [5.74, 6) is -0.153. The van der Waals surface area contributed by atoms with E-state index in [0.717, 1.165) is 47.2 Å². The summed E-state index contributed by atoms with van der Waals surface area (Å²) >= 11 is 0. The van der Waals surface area contributed by atoms with E-state index in [1.54, 1.807) is 6.92 Å². The molecular formula is C23H28N4O3. The van der Waals surface area contributed by atoms with Gasteiger partial charge in [0.05, 0.1) is 41.7 Å². The first-order valence-corrected chi connectivity index (χ1v) is 10.5. The summed E-state index contributed by atoms with van der Waals surface area (Å²) in [7, 11) is 0. The fourth-order valence-electron chi connectivity index (χ4n) is 4.14. The second-order valence-electron chi connectivity index (χ2n) is 7.77. The van der Waals surface area contributed by atoms with Crippen LogP contribution in [0.3, 0.4) is 0 Å². The Balaban J connectivity index is 1.70. The van der Waals surface area contributed by atoms with Gasteiger partial charge in [0.25, 0.3) is 0 Å². The number of ether oxygens (including phenoxy) is 1. The van der Waals surface area contributed by atoms with Crippen LogP contribution >= 0.6 is 0 Å². The monoisotopic (exact) mass is 408 g/mol. The maximum absolute atomic E-state index is 12.9. The predicted molar refractivity (Wildman–Crippen MR) is 114 cm³/mol. The minimum absolute atomic E-state index is 0.153. The van der Waals surface area contributed by atoms with Gasteiger partial charge in [-0.15, -0.1) is 0 Å². The largest absolute Gasteiger partial charge is 0.391 e. The van der Waals surface area contributed by atoms with Gasteiger partial charge >= 0.3 is 0 Å². The van der Waals surface area contributed by atoms with Crippen molar-refractivity contribution in [1.29, 1.82) is 0 Å². The van der Waals surface area contributed by atoms with Crippen LogP contribution in [-0.2, 0) is 28.9 Å². The van der Waals surface area contributed by atoms with E-state index in [4.69, 9.17) is 9.72 Å². The van der Waals surface area contributed by atoms with Gasteiger partial charge in [-0.25, -0.2) is 0 Å². The lowest BCUT2D eigenvalue weighted by Crippen LogP contribution is -2.43. The number of fused-ring (bicyclic) bond motifs is 4. The number of hydrogen-bond acceptors (Lipinski definition) is 5. The Labute approximate surface area is 176 Å². The van der Waals surface area contributed by atoms with Crippen LogP contribution in [0.15, 0.2) is 42.6 Å². The molecule has 1 aliphatic heterocycles. The van der Waals surface area contributed by atoms with Crippen LogP contribution in [0.25, 0.3) is 10.9 Å². The minimum Gasteiger partial charge on any atom is -0.391 e. The maximum Gasteiger partial charge on any atom is 0.226 e. The van der Waals surface area contributed by atoms with Crippen molar-refractivity contribution in [2.24, 2.45) is 0 Å². The van der Waals surface area contributed by atoms with Gasteiger partial charge in [-0.3, -0.25) is 14.5 Å². The van der Waals surface area contributed by atoms with Gasteiger partial charge in [0.2, 0.25) is 5.91 Å². The number of amides is 1. The van der Waals surface area contributed by atoms with E-state index in [1.165, 1.54) is 0 Å². The van der Waals surface area contributed by atoms with Crippen molar-refractivity contribution in [3.63, 3.8) is 0 Å². The molecule has 2 N–H and O–H groups in total. The first-order valence-electron chi connectivity index (χ1n) is 10.5. The lowest BCUT2D eigenvalue weighted by Gasteiger charge is -2.31. The third kappa shape index (κ3) is 4.22. The molecule has 1 amide bonds. The predicted octanol–water partition coefficient (Wildman–Crippen LogP) is 2.56. The number of pyridine rings is 1. The standard InChI is InChI=1S/C23H28N4O3/c1-3-27-22-17(14-24-27)12-18-13-20(29)26-21(16-8-5-4-6-9-16)23(15(2)28)30-11-7-10-19(22)25-18/h4-6,8-9,12,14-15,21,23,28H,3,7,10-11,13H2,1-2H3,(H,26,29)/t15-,21+,23-/m1/s1. The number of rotatable bonds is 3. The number of aliphatic hydroxyl groups excluding tert-OH is 1. The molecule has 4 rings (SSSR count). The molecule has 1 aromatic carbocycles. The smallest absolute Gasteiger partial charge is 0.226 e.